The summed E-state index contributed by atoms with van der Waals surface area (Å²) in [5.74, 6) is 0. The number of aromatic nitrogens is 2. The van der Waals surface area contributed by atoms with Gasteiger partial charge >= 0.3 is 0 Å². The zero-order valence-corrected chi connectivity index (χ0v) is 28.8. The number of benzene rings is 6. The molecule has 0 bridgehead atoms. The third-order valence-corrected chi connectivity index (χ3v) is 16.0. The SMILES string of the molecule is CC[Si]1(CC)C(c2c3ccccc3nc3ccccc23)=C(c2ccccc2)C(c2ccccc2)=C1c1c2ccccc2nc2ccccc12. The molecule has 0 saturated heterocycles. The smallest absolute Gasteiger partial charge is 0.121 e. The molecule has 0 N–H and O–H groups in total. The van der Waals surface area contributed by atoms with Gasteiger partial charge in [-0.1, -0.05) is 159 Å². The van der Waals surface area contributed by atoms with E-state index in [1.807, 2.05) is 0 Å². The lowest BCUT2D eigenvalue weighted by molar-refractivity contribution is 1.30. The maximum absolute atomic E-state index is 5.21. The molecule has 8 aromatic rings. The summed E-state index contributed by atoms with van der Waals surface area (Å²) in [4.78, 5) is 10.4. The molecule has 234 valence electrons. The number of pyridine rings is 2. The number of nitrogens with zero attached hydrogens (tertiary/aromatic N) is 2. The lowest BCUT2D eigenvalue weighted by atomic mass is 9.87. The molecule has 49 heavy (non-hydrogen) atoms. The summed E-state index contributed by atoms with van der Waals surface area (Å²) in [6, 6.07) is 59.6. The van der Waals surface area contributed by atoms with Crippen molar-refractivity contribution in [1.29, 1.82) is 0 Å². The normalized spacial score (nSPS) is 14.5. The van der Waals surface area contributed by atoms with Crippen LogP contribution in [0.5, 0.6) is 0 Å². The average molecular weight is 645 g/mol. The first-order chi connectivity index (χ1) is 24.2. The van der Waals surface area contributed by atoms with Gasteiger partial charge in [-0.2, -0.15) is 0 Å². The Balaban J connectivity index is 1.56. The van der Waals surface area contributed by atoms with Gasteiger partial charge in [0.25, 0.3) is 0 Å². The highest BCUT2D eigenvalue weighted by Gasteiger charge is 2.49. The molecule has 0 amide bonds. The van der Waals surface area contributed by atoms with E-state index < -0.39 is 8.07 Å². The lowest BCUT2D eigenvalue weighted by Crippen LogP contribution is -2.35. The van der Waals surface area contributed by atoms with Gasteiger partial charge in [0.15, 0.2) is 0 Å². The molecule has 6 aromatic carbocycles. The third kappa shape index (κ3) is 4.46. The topological polar surface area (TPSA) is 25.8 Å². The van der Waals surface area contributed by atoms with Gasteiger partial charge < -0.3 is 0 Å². The summed E-state index contributed by atoms with van der Waals surface area (Å²) in [6.07, 6.45) is 0. The molecular weight excluding hydrogens is 609 g/mol. The molecule has 3 heteroatoms. The van der Waals surface area contributed by atoms with Crippen molar-refractivity contribution in [2.75, 3.05) is 0 Å². The molecule has 0 unspecified atom stereocenters. The molecule has 0 spiro atoms. The van der Waals surface area contributed by atoms with E-state index in [2.05, 4.69) is 172 Å². The van der Waals surface area contributed by atoms with Crippen molar-refractivity contribution in [2.45, 2.75) is 25.9 Å². The molecule has 0 fully saturated rings. The second-order valence-corrected chi connectivity index (χ2v) is 17.6. The molecule has 3 heterocycles. The van der Waals surface area contributed by atoms with Crippen LogP contribution in [0.15, 0.2) is 158 Å². The standard InChI is InChI=1S/C46H36N2Si/c1-3-49(4-2)45(43-33-23-11-15-27-37(33)47-38-28-16-12-24-34(38)43)41(31-19-7-5-8-20-31)42(32-21-9-6-10-22-32)46(49)44-35-25-13-17-29-39(35)48-40-30-18-14-26-36(40)44/h5-30H,3-4H2,1-2H3. The molecule has 9 rings (SSSR count). The maximum Gasteiger partial charge on any atom is 0.121 e. The van der Waals surface area contributed by atoms with Crippen LogP contribution in [0.1, 0.15) is 36.1 Å². The fourth-order valence-electron chi connectivity index (χ4n) is 8.54. The van der Waals surface area contributed by atoms with Crippen LogP contribution >= 0.6 is 0 Å². The number of allylic oxidation sites excluding steroid dienone is 2. The van der Waals surface area contributed by atoms with E-state index in [0.717, 1.165) is 34.2 Å². The van der Waals surface area contributed by atoms with Crippen molar-refractivity contribution in [1.82, 2.24) is 9.97 Å². The van der Waals surface area contributed by atoms with Crippen molar-refractivity contribution < 1.29 is 0 Å². The van der Waals surface area contributed by atoms with Gasteiger partial charge in [-0.25, -0.2) is 9.97 Å². The monoisotopic (exact) mass is 644 g/mol. The van der Waals surface area contributed by atoms with E-state index in [1.165, 1.54) is 65.3 Å². The fraction of sp³-hybridized carbons (Fsp3) is 0.0870. The molecule has 2 nitrogen and oxygen atoms in total. The van der Waals surface area contributed by atoms with Crippen LogP contribution in [0.4, 0.5) is 0 Å². The number of rotatable bonds is 6. The van der Waals surface area contributed by atoms with Crippen LogP contribution in [0.3, 0.4) is 0 Å². The molecule has 2 aromatic heterocycles. The van der Waals surface area contributed by atoms with Crippen molar-refractivity contribution >= 4 is 73.2 Å². The predicted octanol–water partition coefficient (Wildman–Crippen LogP) is 12.2. The first-order valence-electron chi connectivity index (χ1n) is 17.4. The summed E-state index contributed by atoms with van der Waals surface area (Å²) < 4.78 is 0. The Morgan fingerprint density at radius 2 is 0.653 bits per heavy atom. The zero-order chi connectivity index (χ0) is 33.0. The van der Waals surface area contributed by atoms with Crippen molar-refractivity contribution in [3.05, 3.63) is 180 Å². The quantitative estimate of drug-likeness (QED) is 0.133. The summed E-state index contributed by atoms with van der Waals surface area (Å²) in [7, 11) is -2.58. The van der Waals surface area contributed by atoms with E-state index in [-0.39, 0.29) is 0 Å². The van der Waals surface area contributed by atoms with Crippen molar-refractivity contribution in [3.8, 4) is 0 Å². The van der Waals surface area contributed by atoms with Gasteiger partial charge in [0, 0.05) is 21.5 Å². The Hall–Kier alpha value is -5.64. The Morgan fingerprint density at radius 3 is 0.959 bits per heavy atom. The third-order valence-electron chi connectivity index (χ3n) is 10.7. The Bertz CT molecular complexity index is 2330. The lowest BCUT2D eigenvalue weighted by Gasteiger charge is -2.34. The maximum atomic E-state index is 5.21. The molecule has 1 aliphatic rings. The van der Waals surface area contributed by atoms with Gasteiger partial charge in [-0.05, 0) is 68.1 Å². The Kier molecular flexibility index (Phi) is 7.10. The Labute approximate surface area is 288 Å². The van der Waals surface area contributed by atoms with Crippen LogP contribution < -0.4 is 0 Å². The van der Waals surface area contributed by atoms with Crippen LogP contribution in [0.2, 0.25) is 12.1 Å². The minimum absolute atomic E-state index is 1.04. The highest BCUT2D eigenvalue weighted by atomic mass is 28.3. The highest BCUT2D eigenvalue weighted by molar-refractivity contribution is 7.15. The number of para-hydroxylation sites is 4. The number of fused-ring (bicyclic) bond motifs is 4. The van der Waals surface area contributed by atoms with Crippen LogP contribution in [-0.2, 0) is 0 Å². The van der Waals surface area contributed by atoms with Crippen LogP contribution in [-0.4, -0.2) is 18.0 Å². The molecule has 0 radical (unpaired) electrons. The molecule has 0 atom stereocenters. The molecule has 0 saturated carbocycles. The number of hydrogen-bond donors (Lipinski definition) is 0. The summed E-state index contributed by atoms with van der Waals surface area (Å²) >= 11 is 0. The molecule has 0 aliphatic carbocycles. The van der Waals surface area contributed by atoms with Gasteiger partial charge in [-0.15, -0.1) is 0 Å². The van der Waals surface area contributed by atoms with Gasteiger partial charge in [0.2, 0.25) is 0 Å². The van der Waals surface area contributed by atoms with E-state index in [9.17, 15) is 0 Å². The summed E-state index contributed by atoms with van der Waals surface area (Å²) in [5.41, 5.74) is 12.1. The molecule has 1 aliphatic heterocycles. The first-order valence-corrected chi connectivity index (χ1v) is 19.8. The van der Waals surface area contributed by atoms with E-state index in [1.54, 1.807) is 0 Å². The largest absolute Gasteiger partial charge is 0.248 e. The van der Waals surface area contributed by atoms with Gasteiger partial charge in [0.1, 0.15) is 8.07 Å². The highest BCUT2D eigenvalue weighted by Crippen LogP contribution is 2.60. The van der Waals surface area contributed by atoms with Gasteiger partial charge in [0.05, 0.1) is 22.1 Å². The fourth-order valence-corrected chi connectivity index (χ4v) is 13.7. The second kappa shape index (κ2) is 11.8. The summed E-state index contributed by atoms with van der Waals surface area (Å²) in [6.45, 7) is 4.90. The minimum atomic E-state index is -2.58. The van der Waals surface area contributed by atoms with E-state index >= 15 is 0 Å². The molecular formula is C46H36N2Si. The first kappa shape index (κ1) is 29.5. The van der Waals surface area contributed by atoms with Gasteiger partial charge in [-0.3, -0.25) is 0 Å². The van der Waals surface area contributed by atoms with Crippen molar-refractivity contribution in [3.63, 3.8) is 0 Å². The average Bonchev–Trinajstić information content (AvgIpc) is 3.47. The minimum Gasteiger partial charge on any atom is -0.248 e. The van der Waals surface area contributed by atoms with E-state index in [0.29, 0.717) is 0 Å². The zero-order valence-electron chi connectivity index (χ0n) is 27.8. The predicted molar refractivity (Wildman–Crippen MR) is 212 cm³/mol. The van der Waals surface area contributed by atoms with Crippen molar-refractivity contribution in [2.24, 2.45) is 0 Å². The van der Waals surface area contributed by atoms with Crippen LogP contribution in [0.25, 0.3) is 65.2 Å². The number of hydrogen-bond acceptors (Lipinski definition) is 2. The van der Waals surface area contributed by atoms with Crippen LogP contribution in [0, 0.1) is 0 Å². The Morgan fingerprint density at radius 1 is 0.367 bits per heavy atom. The van der Waals surface area contributed by atoms with E-state index in [4.69, 9.17) is 9.97 Å². The summed E-state index contributed by atoms with van der Waals surface area (Å²) in [5, 5.41) is 7.95. The second-order valence-electron chi connectivity index (χ2n) is 13.1.